The number of fused-ring (bicyclic) bond motifs is 5. The minimum absolute atomic E-state index is 0.115. The molecule has 0 spiro atoms. The Morgan fingerprint density at radius 2 is 1.80 bits per heavy atom. The normalized spacial score (nSPS) is 45.4. The van der Waals surface area contributed by atoms with E-state index in [-0.39, 0.29) is 23.4 Å². The molecule has 0 amide bonds. The Morgan fingerprint density at radius 3 is 2.50 bits per heavy atom. The monoisotopic (exact) mass is 416 g/mol. The molecule has 3 heteroatoms. The molecule has 0 aliphatic heterocycles. The Labute approximate surface area is 183 Å². The summed E-state index contributed by atoms with van der Waals surface area (Å²) in [6, 6.07) is 0. The standard InChI is InChI=1S/C27H44O3/c1-16(2)23(29)9-6-17(3)20-7-8-21-25-22(11-13-27(20,21)5)26(4)12-10-19(28)14-18(26)15-24(25)30/h14,16-17,20-25,29-30H,6-13,15H2,1-5H3/t17-,20-,21+,22+,23+,24-,25+,26+,27-/m1/s1. The molecule has 0 aromatic heterocycles. The van der Waals surface area contributed by atoms with Crippen molar-refractivity contribution < 1.29 is 15.0 Å². The number of hydrogen-bond donors (Lipinski definition) is 2. The molecule has 0 bridgehead atoms. The molecule has 170 valence electrons. The largest absolute Gasteiger partial charge is 0.393 e. The number of carbonyl (C=O) groups excluding carboxylic acids is 1. The van der Waals surface area contributed by atoms with Gasteiger partial charge in [-0.3, -0.25) is 4.79 Å². The minimum atomic E-state index is -0.290. The van der Waals surface area contributed by atoms with Crippen LogP contribution in [0, 0.1) is 46.3 Å². The van der Waals surface area contributed by atoms with Crippen LogP contribution in [0.25, 0.3) is 0 Å². The number of aliphatic hydroxyl groups excluding tert-OH is 2. The van der Waals surface area contributed by atoms with E-state index in [1.165, 1.54) is 31.3 Å². The molecule has 0 aromatic carbocycles. The molecule has 9 atom stereocenters. The van der Waals surface area contributed by atoms with Crippen LogP contribution in [0.4, 0.5) is 0 Å². The second-order valence-electron chi connectivity index (χ2n) is 12.2. The molecular formula is C27H44O3. The maximum absolute atomic E-state index is 12.1. The van der Waals surface area contributed by atoms with Gasteiger partial charge in [-0.1, -0.05) is 40.2 Å². The highest BCUT2D eigenvalue weighted by atomic mass is 16.3. The van der Waals surface area contributed by atoms with Crippen LogP contribution < -0.4 is 0 Å². The third kappa shape index (κ3) is 3.52. The van der Waals surface area contributed by atoms with E-state index in [9.17, 15) is 15.0 Å². The number of aliphatic hydroxyl groups is 2. The first kappa shape index (κ1) is 22.5. The van der Waals surface area contributed by atoms with E-state index in [1.807, 2.05) is 6.08 Å². The lowest BCUT2D eigenvalue weighted by molar-refractivity contribution is -0.124. The highest BCUT2D eigenvalue weighted by Gasteiger charge is 2.61. The Kier molecular flexibility index (Phi) is 6.03. The molecule has 0 radical (unpaired) electrons. The lowest BCUT2D eigenvalue weighted by atomic mass is 9.45. The Morgan fingerprint density at radius 1 is 1.07 bits per heavy atom. The van der Waals surface area contributed by atoms with E-state index in [2.05, 4.69) is 34.6 Å². The highest BCUT2D eigenvalue weighted by Crippen LogP contribution is 2.67. The molecule has 0 saturated heterocycles. The van der Waals surface area contributed by atoms with Gasteiger partial charge in [-0.15, -0.1) is 0 Å². The van der Waals surface area contributed by atoms with Gasteiger partial charge in [-0.25, -0.2) is 0 Å². The van der Waals surface area contributed by atoms with Gasteiger partial charge in [-0.05, 0) is 104 Å². The van der Waals surface area contributed by atoms with Crippen LogP contribution in [0.5, 0.6) is 0 Å². The molecule has 3 fully saturated rings. The Balaban J connectivity index is 1.53. The first-order valence-corrected chi connectivity index (χ1v) is 12.7. The summed E-state index contributed by atoms with van der Waals surface area (Å²) in [6.07, 6.45) is 10.7. The van der Waals surface area contributed by atoms with Gasteiger partial charge in [0.05, 0.1) is 12.2 Å². The topological polar surface area (TPSA) is 57.5 Å². The van der Waals surface area contributed by atoms with Crippen LogP contribution >= 0.6 is 0 Å². The van der Waals surface area contributed by atoms with Gasteiger partial charge in [0.1, 0.15) is 0 Å². The van der Waals surface area contributed by atoms with Crippen molar-refractivity contribution in [2.45, 2.75) is 105 Å². The number of rotatable bonds is 5. The van der Waals surface area contributed by atoms with Crippen molar-refractivity contribution in [1.82, 2.24) is 0 Å². The summed E-state index contributed by atoms with van der Waals surface area (Å²) in [5, 5.41) is 21.6. The second-order valence-corrected chi connectivity index (χ2v) is 12.2. The van der Waals surface area contributed by atoms with Crippen LogP contribution in [-0.2, 0) is 4.79 Å². The molecule has 0 unspecified atom stereocenters. The van der Waals surface area contributed by atoms with Crippen LogP contribution in [0.3, 0.4) is 0 Å². The Bertz CT molecular complexity index is 696. The fourth-order valence-corrected chi connectivity index (χ4v) is 8.47. The molecule has 0 aromatic rings. The summed E-state index contributed by atoms with van der Waals surface area (Å²) < 4.78 is 0. The summed E-state index contributed by atoms with van der Waals surface area (Å²) in [5.74, 6) is 3.43. The van der Waals surface area contributed by atoms with E-state index >= 15 is 0 Å². The molecule has 3 saturated carbocycles. The van der Waals surface area contributed by atoms with Crippen molar-refractivity contribution in [3.8, 4) is 0 Å². The van der Waals surface area contributed by atoms with Gasteiger partial charge in [0.2, 0.25) is 0 Å². The second kappa shape index (κ2) is 8.03. The van der Waals surface area contributed by atoms with Crippen molar-refractivity contribution in [2.24, 2.45) is 46.3 Å². The first-order chi connectivity index (χ1) is 14.1. The van der Waals surface area contributed by atoms with Crippen LogP contribution in [0.1, 0.15) is 92.4 Å². The van der Waals surface area contributed by atoms with E-state index < -0.39 is 0 Å². The lowest BCUT2D eigenvalue weighted by Gasteiger charge is -2.60. The predicted octanol–water partition coefficient (Wildman–Crippen LogP) is 5.54. The Hall–Kier alpha value is -0.670. The third-order valence-corrected chi connectivity index (χ3v) is 10.4. The summed E-state index contributed by atoms with van der Waals surface area (Å²) in [4.78, 5) is 12.1. The smallest absolute Gasteiger partial charge is 0.155 e. The molecule has 4 aliphatic carbocycles. The van der Waals surface area contributed by atoms with Gasteiger partial charge >= 0.3 is 0 Å². The van der Waals surface area contributed by atoms with E-state index in [1.54, 1.807) is 0 Å². The van der Waals surface area contributed by atoms with Crippen molar-refractivity contribution in [1.29, 1.82) is 0 Å². The molecular weight excluding hydrogens is 372 g/mol. The zero-order chi connectivity index (χ0) is 21.8. The minimum Gasteiger partial charge on any atom is -0.393 e. The molecule has 3 nitrogen and oxygen atoms in total. The predicted molar refractivity (Wildman–Crippen MR) is 121 cm³/mol. The van der Waals surface area contributed by atoms with E-state index in [0.717, 1.165) is 19.3 Å². The van der Waals surface area contributed by atoms with Crippen LogP contribution in [0.15, 0.2) is 11.6 Å². The van der Waals surface area contributed by atoms with Gasteiger partial charge < -0.3 is 10.2 Å². The van der Waals surface area contributed by atoms with Crippen molar-refractivity contribution >= 4 is 5.78 Å². The van der Waals surface area contributed by atoms with E-state index in [4.69, 9.17) is 0 Å². The van der Waals surface area contributed by atoms with Crippen LogP contribution in [-0.4, -0.2) is 28.2 Å². The average Bonchev–Trinajstić information content (AvgIpc) is 3.04. The van der Waals surface area contributed by atoms with Gasteiger partial charge in [-0.2, -0.15) is 0 Å². The van der Waals surface area contributed by atoms with Gasteiger partial charge in [0.25, 0.3) is 0 Å². The molecule has 4 rings (SSSR count). The molecule has 0 heterocycles. The van der Waals surface area contributed by atoms with Crippen molar-refractivity contribution in [2.75, 3.05) is 0 Å². The fourth-order valence-electron chi connectivity index (χ4n) is 8.47. The summed E-state index contributed by atoms with van der Waals surface area (Å²) in [6.45, 7) is 11.5. The maximum Gasteiger partial charge on any atom is 0.155 e. The molecule has 4 aliphatic rings. The number of ketones is 1. The maximum atomic E-state index is 12.1. The van der Waals surface area contributed by atoms with Gasteiger partial charge in [0, 0.05) is 6.42 Å². The number of carbonyl (C=O) groups is 1. The summed E-state index contributed by atoms with van der Waals surface area (Å²) >= 11 is 0. The zero-order valence-corrected chi connectivity index (χ0v) is 19.9. The molecule has 30 heavy (non-hydrogen) atoms. The number of hydrogen-bond acceptors (Lipinski definition) is 3. The quantitative estimate of drug-likeness (QED) is 0.619. The summed E-state index contributed by atoms with van der Waals surface area (Å²) in [7, 11) is 0. The molecule has 2 N–H and O–H groups in total. The SMILES string of the molecule is CC(C)[C@@H](O)CC[C@@H](C)[C@H]1CC[C@H]2[C@@H]3[C@H](O)CC4=CC(=O)CC[C@]4(C)[C@H]3CC[C@]12C. The van der Waals surface area contributed by atoms with E-state index in [0.29, 0.717) is 53.8 Å². The first-order valence-electron chi connectivity index (χ1n) is 12.7. The fraction of sp³-hybridized carbons (Fsp3) is 0.889. The van der Waals surface area contributed by atoms with Crippen LogP contribution in [0.2, 0.25) is 0 Å². The third-order valence-electron chi connectivity index (χ3n) is 10.4. The summed E-state index contributed by atoms with van der Waals surface area (Å²) in [5.41, 5.74) is 1.66. The van der Waals surface area contributed by atoms with Gasteiger partial charge in [0.15, 0.2) is 5.78 Å². The zero-order valence-electron chi connectivity index (χ0n) is 19.9. The highest BCUT2D eigenvalue weighted by molar-refractivity contribution is 5.91. The van der Waals surface area contributed by atoms with Crippen molar-refractivity contribution in [3.63, 3.8) is 0 Å². The average molecular weight is 417 g/mol. The lowest BCUT2D eigenvalue weighted by Crippen LogP contribution is -2.55. The van der Waals surface area contributed by atoms with Crippen molar-refractivity contribution in [3.05, 3.63) is 11.6 Å².